The quantitative estimate of drug-likeness (QED) is 0.819. The lowest BCUT2D eigenvalue weighted by atomic mass is 10.1. The molecule has 0 amide bonds. The zero-order chi connectivity index (χ0) is 11.2. The molecule has 0 atom stereocenters. The van der Waals surface area contributed by atoms with E-state index < -0.39 is 0 Å². The molecule has 2 rings (SSSR count). The highest BCUT2D eigenvalue weighted by atomic mass is 35.5. The lowest BCUT2D eigenvalue weighted by molar-refractivity contribution is 0.626. The van der Waals surface area contributed by atoms with Crippen LogP contribution in [0, 0.1) is 5.82 Å². The molecule has 0 saturated heterocycles. The molecule has 0 aliphatic heterocycles. The number of thiophene rings is 1. The largest absolute Gasteiger partial charge is 0.312 e. The smallest absolute Gasteiger partial charge is 0.123 e. The second kappa shape index (κ2) is 7.43. The first-order valence-electron chi connectivity index (χ1n) is 5.32. The predicted octanol–water partition coefficient (Wildman–Crippen LogP) is 3.64. The van der Waals surface area contributed by atoms with Crippen LogP contribution in [-0.4, -0.2) is 6.54 Å². The van der Waals surface area contributed by atoms with E-state index >= 15 is 0 Å². The normalized spacial score (nSPS) is 9.94. The molecule has 2 aromatic rings. The third-order valence-corrected chi connectivity index (χ3v) is 3.26. The van der Waals surface area contributed by atoms with Crippen molar-refractivity contribution in [2.75, 3.05) is 6.54 Å². The Hall–Kier alpha value is -0.900. The van der Waals surface area contributed by atoms with Gasteiger partial charge >= 0.3 is 0 Å². The van der Waals surface area contributed by atoms with Crippen molar-refractivity contribution < 1.29 is 4.39 Å². The number of rotatable bonds is 5. The number of hydrogen-bond acceptors (Lipinski definition) is 2. The van der Waals surface area contributed by atoms with Crippen molar-refractivity contribution in [1.29, 1.82) is 0 Å². The van der Waals surface area contributed by atoms with Gasteiger partial charge in [-0.1, -0.05) is 18.2 Å². The summed E-state index contributed by atoms with van der Waals surface area (Å²) >= 11 is 1.76. The molecule has 1 aromatic heterocycles. The van der Waals surface area contributed by atoms with Crippen LogP contribution in [-0.2, 0) is 13.0 Å². The molecule has 17 heavy (non-hydrogen) atoms. The summed E-state index contributed by atoms with van der Waals surface area (Å²) in [5, 5.41) is 5.45. The number of nitrogens with one attached hydrogen (secondary N) is 1. The van der Waals surface area contributed by atoms with Crippen molar-refractivity contribution in [2.45, 2.75) is 13.0 Å². The molecule has 0 bridgehead atoms. The van der Waals surface area contributed by atoms with Gasteiger partial charge in [0.05, 0.1) is 0 Å². The Kier molecular flexibility index (Phi) is 6.19. The first kappa shape index (κ1) is 14.2. The van der Waals surface area contributed by atoms with Gasteiger partial charge in [0, 0.05) is 11.4 Å². The summed E-state index contributed by atoms with van der Waals surface area (Å²) in [7, 11) is 0. The Labute approximate surface area is 111 Å². The van der Waals surface area contributed by atoms with E-state index in [1.807, 2.05) is 12.1 Å². The van der Waals surface area contributed by atoms with E-state index in [4.69, 9.17) is 0 Å². The van der Waals surface area contributed by atoms with E-state index in [2.05, 4.69) is 22.8 Å². The maximum atomic E-state index is 12.6. The molecule has 1 nitrogen and oxygen atoms in total. The molecule has 0 aliphatic carbocycles. The maximum absolute atomic E-state index is 12.6. The fraction of sp³-hybridized carbons (Fsp3) is 0.231. The van der Waals surface area contributed by atoms with Crippen molar-refractivity contribution >= 4 is 23.7 Å². The van der Waals surface area contributed by atoms with E-state index in [9.17, 15) is 4.39 Å². The minimum atomic E-state index is -0.171. The molecule has 0 fully saturated rings. The van der Waals surface area contributed by atoms with Crippen LogP contribution in [0.15, 0.2) is 41.8 Å². The lowest BCUT2D eigenvalue weighted by Gasteiger charge is -2.03. The molecule has 1 aromatic carbocycles. The fourth-order valence-electron chi connectivity index (χ4n) is 1.51. The average molecular weight is 272 g/mol. The summed E-state index contributed by atoms with van der Waals surface area (Å²) in [6, 6.07) is 10.9. The Morgan fingerprint density at radius 3 is 2.53 bits per heavy atom. The highest BCUT2D eigenvalue weighted by Crippen LogP contribution is 2.07. The number of halogens is 2. The van der Waals surface area contributed by atoms with Crippen LogP contribution in [0.1, 0.15) is 10.4 Å². The molecule has 0 aliphatic rings. The molecular formula is C13H15ClFNS. The SMILES string of the molecule is Cl.Fc1ccc(CCNCc2cccs2)cc1. The predicted molar refractivity (Wildman–Crippen MR) is 73.4 cm³/mol. The molecule has 1 N–H and O–H groups in total. The van der Waals surface area contributed by atoms with Crippen molar-refractivity contribution in [3.05, 3.63) is 58.0 Å². The molecule has 0 radical (unpaired) electrons. The van der Waals surface area contributed by atoms with Crippen molar-refractivity contribution in [3.63, 3.8) is 0 Å². The third-order valence-electron chi connectivity index (χ3n) is 2.38. The zero-order valence-corrected chi connectivity index (χ0v) is 11.0. The summed E-state index contributed by atoms with van der Waals surface area (Å²) in [5.74, 6) is -0.171. The molecule has 0 unspecified atom stereocenters. The fourth-order valence-corrected chi connectivity index (χ4v) is 2.18. The molecule has 1 heterocycles. The van der Waals surface area contributed by atoms with Gasteiger partial charge < -0.3 is 5.32 Å². The monoisotopic (exact) mass is 271 g/mol. The minimum Gasteiger partial charge on any atom is -0.312 e. The molecule has 92 valence electrons. The Morgan fingerprint density at radius 2 is 1.88 bits per heavy atom. The van der Waals surface area contributed by atoms with Gasteiger partial charge in [-0.25, -0.2) is 4.39 Å². The van der Waals surface area contributed by atoms with E-state index in [-0.39, 0.29) is 18.2 Å². The van der Waals surface area contributed by atoms with Crippen LogP contribution in [0.25, 0.3) is 0 Å². The van der Waals surface area contributed by atoms with Crippen molar-refractivity contribution in [1.82, 2.24) is 5.32 Å². The van der Waals surface area contributed by atoms with Gasteiger partial charge in [0.1, 0.15) is 5.82 Å². The highest BCUT2D eigenvalue weighted by Gasteiger charge is 1.95. The van der Waals surface area contributed by atoms with Crippen LogP contribution < -0.4 is 5.32 Å². The number of hydrogen-bond donors (Lipinski definition) is 1. The summed E-state index contributed by atoms with van der Waals surface area (Å²) in [4.78, 5) is 1.35. The first-order valence-corrected chi connectivity index (χ1v) is 6.20. The van der Waals surface area contributed by atoms with Crippen LogP contribution in [0.3, 0.4) is 0 Å². The van der Waals surface area contributed by atoms with Gasteiger partial charge in [-0.2, -0.15) is 0 Å². The van der Waals surface area contributed by atoms with Crippen molar-refractivity contribution in [3.8, 4) is 0 Å². The molecule has 4 heteroatoms. The molecular weight excluding hydrogens is 257 g/mol. The van der Waals surface area contributed by atoms with Gasteiger partial charge in [0.25, 0.3) is 0 Å². The van der Waals surface area contributed by atoms with Gasteiger partial charge in [-0.3, -0.25) is 0 Å². The Morgan fingerprint density at radius 1 is 1.12 bits per heavy atom. The summed E-state index contributed by atoms with van der Waals surface area (Å²) in [6.07, 6.45) is 0.936. The second-order valence-electron chi connectivity index (χ2n) is 3.63. The summed E-state index contributed by atoms with van der Waals surface area (Å²) in [5.41, 5.74) is 1.17. The van der Waals surface area contributed by atoms with Crippen LogP contribution >= 0.6 is 23.7 Å². The van der Waals surface area contributed by atoms with Crippen LogP contribution in [0.2, 0.25) is 0 Å². The summed E-state index contributed by atoms with van der Waals surface area (Å²) < 4.78 is 12.6. The van der Waals surface area contributed by atoms with E-state index in [0.717, 1.165) is 19.5 Å². The van der Waals surface area contributed by atoms with Crippen LogP contribution in [0.5, 0.6) is 0 Å². The van der Waals surface area contributed by atoms with E-state index in [1.165, 1.54) is 22.6 Å². The van der Waals surface area contributed by atoms with E-state index in [0.29, 0.717) is 0 Å². The van der Waals surface area contributed by atoms with Crippen LogP contribution in [0.4, 0.5) is 4.39 Å². The van der Waals surface area contributed by atoms with E-state index in [1.54, 1.807) is 11.3 Å². The minimum absolute atomic E-state index is 0. The topological polar surface area (TPSA) is 12.0 Å². The third kappa shape index (κ3) is 4.86. The Bertz CT molecular complexity index is 413. The van der Waals surface area contributed by atoms with Crippen molar-refractivity contribution in [2.24, 2.45) is 0 Å². The highest BCUT2D eigenvalue weighted by molar-refractivity contribution is 7.09. The van der Waals surface area contributed by atoms with Gasteiger partial charge in [0.15, 0.2) is 0 Å². The van der Waals surface area contributed by atoms with Gasteiger partial charge in [-0.15, -0.1) is 23.7 Å². The zero-order valence-electron chi connectivity index (χ0n) is 9.36. The summed E-state index contributed by atoms with van der Waals surface area (Å²) in [6.45, 7) is 1.84. The first-order chi connectivity index (χ1) is 7.84. The maximum Gasteiger partial charge on any atom is 0.123 e. The average Bonchev–Trinajstić information content (AvgIpc) is 2.80. The van der Waals surface area contributed by atoms with Gasteiger partial charge in [-0.05, 0) is 42.1 Å². The van der Waals surface area contributed by atoms with Gasteiger partial charge in [0.2, 0.25) is 0 Å². The molecule has 0 saturated carbocycles. The molecule has 0 spiro atoms. The second-order valence-corrected chi connectivity index (χ2v) is 4.66. The number of benzene rings is 1. The Balaban J connectivity index is 0.00000144. The standard InChI is InChI=1S/C13H14FNS.ClH/c14-12-5-3-11(4-6-12)7-8-15-10-13-2-1-9-16-13;/h1-6,9,15H,7-8,10H2;1H. The lowest BCUT2D eigenvalue weighted by Crippen LogP contribution is -2.15.